The maximum absolute atomic E-state index is 5.64. The summed E-state index contributed by atoms with van der Waals surface area (Å²) in [4.78, 5) is 0. The Balaban J connectivity index is 2.17. The normalized spacial score (nSPS) is 11.5. The van der Waals surface area contributed by atoms with Crippen molar-refractivity contribution in [1.82, 2.24) is 5.32 Å². The van der Waals surface area contributed by atoms with Crippen molar-refractivity contribution < 1.29 is 4.74 Å². The van der Waals surface area contributed by atoms with E-state index in [1.165, 1.54) is 6.42 Å². The number of halogens is 1. The monoisotopic (exact) mass is 299 g/mol. The molecule has 2 nitrogen and oxygen atoms in total. The van der Waals surface area contributed by atoms with E-state index < -0.39 is 0 Å². The van der Waals surface area contributed by atoms with Crippen LogP contribution in [0, 0.1) is 5.41 Å². The van der Waals surface area contributed by atoms with Crippen molar-refractivity contribution >= 4 is 15.9 Å². The van der Waals surface area contributed by atoms with Crippen molar-refractivity contribution in [3.63, 3.8) is 0 Å². The number of hydrogen-bond acceptors (Lipinski definition) is 2. The van der Waals surface area contributed by atoms with Crippen molar-refractivity contribution in [3.05, 3.63) is 28.7 Å². The second kappa shape index (κ2) is 7.02. The van der Waals surface area contributed by atoms with E-state index in [4.69, 9.17) is 4.74 Å². The lowest BCUT2D eigenvalue weighted by atomic mass is 9.90. The van der Waals surface area contributed by atoms with Crippen molar-refractivity contribution in [2.45, 2.75) is 27.2 Å². The van der Waals surface area contributed by atoms with E-state index in [9.17, 15) is 0 Å². The summed E-state index contributed by atoms with van der Waals surface area (Å²) in [5.41, 5.74) is 0.371. The predicted octanol–water partition coefficient (Wildman–Crippen LogP) is 3.85. The van der Waals surface area contributed by atoms with Crippen LogP contribution in [0.3, 0.4) is 0 Å². The van der Waals surface area contributed by atoms with E-state index >= 15 is 0 Å². The van der Waals surface area contributed by atoms with Crippen molar-refractivity contribution in [2.75, 3.05) is 19.7 Å². The molecular formula is C14H22BrNO. The standard InChI is InChI=1S/C14H22BrNO/c1-4-14(2,3)11-16-8-9-17-13-7-5-6-12(15)10-13/h5-7,10,16H,4,8-9,11H2,1-3H3. The highest BCUT2D eigenvalue weighted by atomic mass is 79.9. The van der Waals surface area contributed by atoms with Gasteiger partial charge in [0.25, 0.3) is 0 Å². The van der Waals surface area contributed by atoms with E-state index in [2.05, 4.69) is 42.0 Å². The summed E-state index contributed by atoms with van der Waals surface area (Å²) in [5, 5.41) is 3.42. The maximum Gasteiger partial charge on any atom is 0.120 e. The first-order valence-electron chi connectivity index (χ1n) is 6.12. The van der Waals surface area contributed by atoms with E-state index in [0.717, 1.165) is 23.3 Å². The smallest absolute Gasteiger partial charge is 0.120 e. The highest BCUT2D eigenvalue weighted by molar-refractivity contribution is 9.10. The molecule has 0 aliphatic carbocycles. The molecule has 0 saturated carbocycles. The molecule has 0 aliphatic heterocycles. The largest absolute Gasteiger partial charge is 0.492 e. The molecule has 0 atom stereocenters. The Kier molecular flexibility index (Phi) is 6.00. The number of hydrogen-bond donors (Lipinski definition) is 1. The lowest BCUT2D eigenvalue weighted by Crippen LogP contribution is -2.31. The molecule has 96 valence electrons. The van der Waals surface area contributed by atoms with Gasteiger partial charge in [0.15, 0.2) is 0 Å². The van der Waals surface area contributed by atoms with Gasteiger partial charge in [0.05, 0.1) is 0 Å². The van der Waals surface area contributed by atoms with Gasteiger partial charge < -0.3 is 10.1 Å². The Morgan fingerprint density at radius 2 is 2.12 bits per heavy atom. The number of ether oxygens (including phenoxy) is 1. The van der Waals surface area contributed by atoms with Gasteiger partial charge >= 0.3 is 0 Å². The fraction of sp³-hybridized carbons (Fsp3) is 0.571. The molecule has 0 heterocycles. The summed E-state index contributed by atoms with van der Waals surface area (Å²) in [5.74, 6) is 0.913. The Labute approximate surface area is 113 Å². The van der Waals surface area contributed by atoms with E-state index in [1.54, 1.807) is 0 Å². The lowest BCUT2D eigenvalue weighted by molar-refractivity contribution is 0.284. The van der Waals surface area contributed by atoms with Crippen LogP contribution >= 0.6 is 15.9 Å². The highest BCUT2D eigenvalue weighted by Crippen LogP contribution is 2.18. The second-order valence-corrected chi connectivity index (χ2v) is 5.92. The van der Waals surface area contributed by atoms with Gasteiger partial charge in [0.2, 0.25) is 0 Å². The van der Waals surface area contributed by atoms with Gasteiger partial charge in [-0.05, 0) is 30.0 Å². The number of rotatable bonds is 7. The van der Waals surface area contributed by atoms with Gasteiger partial charge in [-0.15, -0.1) is 0 Å². The molecular weight excluding hydrogens is 278 g/mol. The third-order valence-corrected chi connectivity index (χ3v) is 3.40. The summed E-state index contributed by atoms with van der Waals surface area (Å²) >= 11 is 3.42. The third kappa shape index (κ3) is 6.08. The molecule has 0 amide bonds. The molecule has 1 N–H and O–H groups in total. The molecule has 17 heavy (non-hydrogen) atoms. The summed E-state index contributed by atoms with van der Waals surface area (Å²) in [6, 6.07) is 7.93. The van der Waals surface area contributed by atoms with Crippen LogP contribution in [0.2, 0.25) is 0 Å². The van der Waals surface area contributed by atoms with Crippen molar-refractivity contribution in [3.8, 4) is 5.75 Å². The van der Waals surface area contributed by atoms with Crippen LogP contribution in [0.5, 0.6) is 5.75 Å². The minimum atomic E-state index is 0.371. The average Bonchev–Trinajstić information content (AvgIpc) is 2.29. The second-order valence-electron chi connectivity index (χ2n) is 5.00. The Morgan fingerprint density at radius 1 is 1.35 bits per heavy atom. The molecule has 1 aromatic rings. The summed E-state index contributed by atoms with van der Waals surface area (Å²) in [6.07, 6.45) is 1.19. The van der Waals surface area contributed by atoms with Crippen molar-refractivity contribution in [2.24, 2.45) is 5.41 Å². The summed E-state index contributed by atoms with van der Waals surface area (Å²) in [7, 11) is 0. The SMILES string of the molecule is CCC(C)(C)CNCCOc1cccc(Br)c1. The van der Waals surface area contributed by atoms with Crippen LogP contribution in [0.4, 0.5) is 0 Å². The molecule has 0 saturated heterocycles. The first kappa shape index (κ1) is 14.5. The Hall–Kier alpha value is -0.540. The molecule has 0 radical (unpaired) electrons. The van der Waals surface area contributed by atoms with Gasteiger partial charge in [-0.3, -0.25) is 0 Å². The van der Waals surface area contributed by atoms with Crippen LogP contribution in [-0.4, -0.2) is 19.7 Å². The third-order valence-electron chi connectivity index (χ3n) is 2.90. The fourth-order valence-electron chi connectivity index (χ4n) is 1.35. The molecule has 0 bridgehead atoms. The fourth-order valence-corrected chi connectivity index (χ4v) is 1.73. The minimum absolute atomic E-state index is 0.371. The van der Waals surface area contributed by atoms with Gasteiger partial charge in [-0.2, -0.15) is 0 Å². The molecule has 1 rings (SSSR count). The van der Waals surface area contributed by atoms with Crippen LogP contribution in [0.15, 0.2) is 28.7 Å². The van der Waals surface area contributed by atoms with E-state index in [1.807, 2.05) is 24.3 Å². The van der Waals surface area contributed by atoms with Gasteiger partial charge in [0, 0.05) is 17.6 Å². The molecule has 0 spiro atoms. The van der Waals surface area contributed by atoms with Crippen LogP contribution in [0.25, 0.3) is 0 Å². The molecule has 0 unspecified atom stereocenters. The molecule has 0 fully saturated rings. The number of nitrogens with one attached hydrogen (secondary N) is 1. The number of benzene rings is 1. The Bertz CT molecular complexity index is 339. The first-order chi connectivity index (χ1) is 8.03. The average molecular weight is 300 g/mol. The maximum atomic E-state index is 5.64. The van der Waals surface area contributed by atoms with Gasteiger partial charge in [0.1, 0.15) is 12.4 Å². The zero-order valence-electron chi connectivity index (χ0n) is 10.9. The predicted molar refractivity (Wildman–Crippen MR) is 76.6 cm³/mol. The van der Waals surface area contributed by atoms with Gasteiger partial charge in [-0.25, -0.2) is 0 Å². The van der Waals surface area contributed by atoms with Crippen LogP contribution in [0.1, 0.15) is 27.2 Å². The molecule has 0 aromatic heterocycles. The summed E-state index contributed by atoms with van der Waals surface area (Å²) in [6.45, 7) is 9.39. The van der Waals surface area contributed by atoms with Crippen LogP contribution < -0.4 is 10.1 Å². The van der Waals surface area contributed by atoms with E-state index in [0.29, 0.717) is 12.0 Å². The van der Waals surface area contributed by atoms with E-state index in [-0.39, 0.29) is 0 Å². The molecule has 0 aliphatic rings. The zero-order chi connectivity index (χ0) is 12.7. The molecule has 1 aromatic carbocycles. The molecule has 3 heteroatoms. The van der Waals surface area contributed by atoms with Crippen molar-refractivity contribution in [1.29, 1.82) is 0 Å². The topological polar surface area (TPSA) is 21.3 Å². The summed E-state index contributed by atoms with van der Waals surface area (Å²) < 4.78 is 6.69. The van der Waals surface area contributed by atoms with Gasteiger partial charge in [-0.1, -0.05) is 42.8 Å². The lowest BCUT2D eigenvalue weighted by Gasteiger charge is -2.22. The zero-order valence-corrected chi connectivity index (χ0v) is 12.5. The first-order valence-corrected chi connectivity index (χ1v) is 6.92. The quantitative estimate of drug-likeness (QED) is 0.772. The van der Waals surface area contributed by atoms with Crippen LogP contribution in [-0.2, 0) is 0 Å². The highest BCUT2D eigenvalue weighted by Gasteiger charge is 2.13. The minimum Gasteiger partial charge on any atom is -0.492 e. The Morgan fingerprint density at radius 3 is 2.76 bits per heavy atom.